The average molecular weight is 198 g/mol. The molecule has 2 rings (SSSR count). The summed E-state index contributed by atoms with van der Waals surface area (Å²) in [4.78, 5) is 23.2. The van der Waals surface area contributed by atoms with Crippen LogP contribution in [0.25, 0.3) is 0 Å². The lowest BCUT2D eigenvalue weighted by Gasteiger charge is -2.15. The van der Waals surface area contributed by atoms with Crippen molar-refractivity contribution in [3.8, 4) is 0 Å². The van der Waals surface area contributed by atoms with E-state index in [1.165, 1.54) is 0 Å². The van der Waals surface area contributed by atoms with Crippen molar-refractivity contribution < 1.29 is 19.1 Å². The Hall–Kier alpha value is -1.06. The fraction of sp³-hybridized carbons (Fsp3) is 0.800. The van der Waals surface area contributed by atoms with Crippen LogP contribution in [0.15, 0.2) is 0 Å². The van der Waals surface area contributed by atoms with Crippen LogP contribution >= 0.6 is 0 Å². The van der Waals surface area contributed by atoms with Gasteiger partial charge in [-0.2, -0.15) is 0 Å². The van der Waals surface area contributed by atoms with E-state index in [1.807, 2.05) is 13.8 Å². The predicted octanol–water partition coefficient (Wildman–Crippen LogP) is 1.03. The van der Waals surface area contributed by atoms with Crippen LogP contribution in [0.2, 0.25) is 0 Å². The van der Waals surface area contributed by atoms with Crippen molar-refractivity contribution in [2.45, 2.75) is 45.3 Å². The summed E-state index contributed by atoms with van der Waals surface area (Å²) >= 11 is 0. The Morgan fingerprint density at radius 1 is 1.29 bits per heavy atom. The molecule has 1 spiro atoms. The molecule has 0 radical (unpaired) electrons. The largest absolute Gasteiger partial charge is 0.462 e. The maximum absolute atomic E-state index is 11.6. The third kappa shape index (κ3) is 1.13. The predicted molar refractivity (Wildman–Crippen MR) is 47.4 cm³/mol. The maximum atomic E-state index is 11.6. The summed E-state index contributed by atoms with van der Waals surface area (Å²) in [7, 11) is 0. The molecule has 2 aliphatic heterocycles. The first-order valence-corrected chi connectivity index (χ1v) is 4.80. The normalized spacial score (nSPS) is 40.1. The van der Waals surface area contributed by atoms with Gasteiger partial charge in [0.25, 0.3) is 0 Å². The van der Waals surface area contributed by atoms with E-state index < -0.39 is 23.0 Å². The summed E-state index contributed by atoms with van der Waals surface area (Å²) in [5, 5.41) is 0. The molecule has 0 aromatic heterocycles. The van der Waals surface area contributed by atoms with Gasteiger partial charge in [-0.1, -0.05) is 0 Å². The molecule has 0 bridgehead atoms. The third-order valence-electron chi connectivity index (χ3n) is 2.82. The van der Waals surface area contributed by atoms with Crippen LogP contribution in [0.3, 0.4) is 0 Å². The van der Waals surface area contributed by atoms with Gasteiger partial charge in [0.1, 0.15) is 11.7 Å². The molecule has 0 N–H and O–H groups in total. The number of rotatable bonds is 0. The lowest BCUT2D eigenvalue weighted by Crippen LogP contribution is -2.31. The zero-order valence-electron chi connectivity index (χ0n) is 8.62. The van der Waals surface area contributed by atoms with Crippen LogP contribution in [0.1, 0.15) is 33.6 Å². The van der Waals surface area contributed by atoms with Crippen molar-refractivity contribution in [1.82, 2.24) is 0 Å². The molecule has 2 heterocycles. The highest BCUT2D eigenvalue weighted by atomic mass is 16.6. The van der Waals surface area contributed by atoms with Crippen molar-refractivity contribution in [2.75, 3.05) is 0 Å². The second-order valence-corrected chi connectivity index (χ2v) is 4.83. The standard InChI is InChI=1S/C10H14O4/c1-6-4-10(7(11)13-6)5-9(2,3)14-8(10)12/h6H,4-5H2,1-3H3. The lowest BCUT2D eigenvalue weighted by molar-refractivity contribution is -0.159. The zero-order valence-corrected chi connectivity index (χ0v) is 8.62. The Labute approximate surface area is 82.6 Å². The molecule has 0 amide bonds. The quantitative estimate of drug-likeness (QED) is 0.431. The first-order valence-electron chi connectivity index (χ1n) is 4.80. The summed E-state index contributed by atoms with van der Waals surface area (Å²) in [5.41, 5.74) is -1.55. The summed E-state index contributed by atoms with van der Waals surface area (Å²) in [5.74, 6) is -0.836. The molecule has 14 heavy (non-hydrogen) atoms. The van der Waals surface area contributed by atoms with Crippen LogP contribution < -0.4 is 0 Å². The highest BCUT2D eigenvalue weighted by molar-refractivity contribution is 6.02. The summed E-state index contributed by atoms with van der Waals surface area (Å²) in [6.45, 7) is 5.43. The van der Waals surface area contributed by atoms with Crippen LogP contribution in [-0.2, 0) is 19.1 Å². The molecule has 0 aromatic carbocycles. The molecule has 4 nitrogen and oxygen atoms in total. The van der Waals surface area contributed by atoms with E-state index in [9.17, 15) is 9.59 Å². The van der Waals surface area contributed by atoms with Crippen LogP contribution in [0.4, 0.5) is 0 Å². The molecule has 2 saturated heterocycles. The minimum absolute atomic E-state index is 0.177. The van der Waals surface area contributed by atoms with Gasteiger partial charge in [0.05, 0.1) is 0 Å². The van der Waals surface area contributed by atoms with Crippen molar-refractivity contribution >= 4 is 11.9 Å². The van der Waals surface area contributed by atoms with Crippen molar-refractivity contribution in [1.29, 1.82) is 0 Å². The molecule has 2 unspecified atom stereocenters. The van der Waals surface area contributed by atoms with E-state index in [4.69, 9.17) is 9.47 Å². The van der Waals surface area contributed by atoms with E-state index in [1.54, 1.807) is 6.92 Å². The molecule has 2 atom stereocenters. The smallest absolute Gasteiger partial charge is 0.324 e. The van der Waals surface area contributed by atoms with Gasteiger partial charge in [-0.05, 0) is 20.8 Å². The first kappa shape index (κ1) is 9.49. The Morgan fingerprint density at radius 2 is 1.93 bits per heavy atom. The molecule has 78 valence electrons. The van der Waals surface area contributed by atoms with Crippen LogP contribution in [0.5, 0.6) is 0 Å². The Morgan fingerprint density at radius 3 is 2.29 bits per heavy atom. The highest BCUT2D eigenvalue weighted by Gasteiger charge is 2.62. The van der Waals surface area contributed by atoms with Gasteiger partial charge in [-0.25, -0.2) is 0 Å². The van der Waals surface area contributed by atoms with Crippen molar-refractivity contribution in [2.24, 2.45) is 5.41 Å². The van der Waals surface area contributed by atoms with Gasteiger partial charge < -0.3 is 9.47 Å². The number of carbonyl (C=O) groups excluding carboxylic acids is 2. The monoisotopic (exact) mass is 198 g/mol. The minimum atomic E-state index is -1.01. The Balaban J connectivity index is 2.34. The number of hydrogen-bond acceptors (Lipinski definition) is 4. The van der Waals surface area contributed by atoms with Gasteiger partial charge in [0, 0.05) is 12.8 Å². The van der Waals surface area contributed by atoms with Gasteiger partial charge in [0.15, 0.2) is 5.41 Å². The number of cyclic esters (lactones) is 2. The molecule has 4 heteroatoms. The Bertz CT molecular complexity index is 307. The molecule has 2 aliphatic rings. The fourth-order valence-corrected chi connectivity index (χ4v) is 2.41. The first-order chi connectivity index (χ1) is 6.36. The number of carbonyl (C=O) groups is 2. The van der Waals surface area contributed by atoms with Gasteiger partial charge in [0.2, 0.25) is 0 Å². The topological polar surface area (TPSA) is 52.6 Å². The van der Waals surface area contributed by atoms with Gasteiger partial charge in [-0.3, -0.25) is 9.59 Å². The maximum Gasteiger partial charge on any atom is 0.324 e. The molecule has 0 aromatic rings. The van der Waals surface area contributed by atoms with E-state index >= 15 is 0 Å². The van der Waals surface area contributed by atoms with Crippen molar-refractivity contribution in [3.63, 3.8) is 0 Å². The van der Waals surface area contributed by atoms with Gasteiger partial charge in [-0.15, -0.1) is 0 Å². The zero-order chi connectivity index (χ0) is 10.6. The van der Waals surface area contributed by atoms with Crippen molar-refractivity contribution in [3.05, 3.63) is 0 Å². The second-order valence-electron chi connectivity index (χ2n) is 4.83. The highest BCUT2D eigenvalue weighted by Crippen LogP contribution is 2.48. The Kier molecular flexibility index (Phi) is 1.69. The lowest BCUT2D eigenvalue weighted by atomic mass is 9.79. The van der Waals surface area contributed by atoms with Gasteiger partial charge >= 0.3 is 11.9 Å². The molecular weight excluding hydrogens is 184 g/mol. The fourth-order valence-electron chi connectivity index (χ4n) is 2.41. The summed E-state index contributed by atoms with van der Waals surface area (Å²) in [6, 6.07) is 0. The van der Waals surface area contributed by atoms with Crippen LogP contribution in [-0.4, -0.2) is 23.6 Å². The van der Waals surface area contributed by atoms with E-state index in [0.29, 0.717) is 12.8 Å². The SMILES string of the molecule is CC1CC2(CC(C)(C)OC2=O)C(=O)O1. The van der Waals surface area contributed by atoms with E-state index in [2.05, 4.69) is 0 Å². The van der Waals surface area contributed by atoms with Crippen LogP contribution in [0, 0.1) is 5.41 Å². The molecule has 0 saturated carbocycles. The number of ether oxygens (including phenoxy) is 2. The summed E-state index contributed by atoms with van der Waals surface area (Å²) < 4.78 is 10.2. The molecular formula is C10H14O4. The molecule has 2 fully saturated rings. The van der Waals surface area contributed by atoms with E-state index in [0.717, 1.165) is 0 Å². The number of esters is 2. The van der Waals surface area contributed by atoms with E-state index in [-0.39, 0.29) is 6.10 Å². The third-order valence-corrected chi connectivity index (χ3v) is 2.82. The number of hydrogen-bond donors (Lipinski definition) is 0. The second kappa shape index (κ2) is 2.49. The average Bonchev–Trinajstić information content (AvgIpc) is 2.35. The minimum Gasteiger partial charge on any atom is -0.462 e. The molecule has 0 aliphatic carbocycles. The summed E-state index contributed by atoms with van der Waals surface area (Å²) in [6.07, 6.45) is 0.708.